The Morgan fingerprint density at radius 1 is 0.0797 bits per heavy atom. The molecule has 28 rings (SSSR count). The zero-order chi connectivity index (χ0) is 90.6. The van der Waals surface area contributed by atoms with Crippen LogP contribution in [0.1, 0.15) is 0 Å². The van der Waals surface area contributed by atoms with Crippen LogP contribution in [0.15, 0.2) is 510 Å². The third-order valence-electron chi connectivity index (χ3n) is 28.9. The summed E-state index contributed by atoms with van der Waals surface area (Å²) in [6.07, 6.45) is 0. The second kappa shape index (κ2) is 31.7. The van der Waals surface area contributed by atoms with Crippen molar-refractivity contribution in [1.82, 2.24) is 27.4 Å². The molecule has 0 bridgehead atoms. The van der Waals surface area contributed by atoms with Crippen molar-refractivity contribution in [2.75, 3.05) is 0 Å². The highest BCUT2D eigenvalue weighted by Crippen LogP contribution is 2.49. The summed E-state index contributed by atoms with van der Waals surface area (Å²) in [5.41, 5.74) is 40.5. The fourth-order valence-corrected chi connectivity index (χ4v) is 22.6. The van der Waals surface area contributed by atoms with E-state index in [-0.39, 0.29) is 0 Å². The zero-order valence-corrected chi connectivity index (χ0v) is 75.2. The van der Waals surface area contributed by atoms with Crippen LogP contribution < -0.4 is 0 Å². The minimum Gasteiger partial charge on any atom is -0.309 e. The highest BCUT2D eigenvalue weighted by Gasteiger charge is 2.25. The minimum atomic E-state index is 1.08. The van der Waals surface area contributed by atoms with E-state index >= 15 is 0 Å². The van der Waals surface area contributed by atoms with Crippen LogP contribution in [0.5, 0.6) is 0 Å². The van der Waals surface area contributed by atoms with Crippen molar-refractivity contribution >= 4 is 131 Å². The van der Waals surface area contributed by atoms with Crippen molar-refractivity contribution in [3.05, 3.63) is 510 Å². The average molecular weight is 1750 g/mol. The van der Waals surface area contributed by atoms with E-state index in [4.69, 9.17) is 0 Å². The van der Waals surface area contributed by atoms with Crippen LogP contribution in [0.3, 0.4) is 0 Å². The van der Waals surface area contributed by atoms with E-state index in [0.29, 0.717) is 0 Å². The third kappa shape index (κ3) is 12.8. The van der Waals surface area contributed by atoms with Gasteiger partial charge in [0.05, 0.1) is 66.2 Å². The molecule has 0 aliphatic rings. The second-order valence-electron chi connectivity index (χ2n) is 36.7. The summed E-state index contributed by atoms with van der Waals surface area (Å²) in [5.74, 6) is 0. The maximum atomic E-state index is 2.49. The molecule has 6 nitrogen and oxygen atoms in total. The molecule has 0 unspecified atom stereocenters. The van der Waals surface area contributed by atoms with Gasteiger partial charge in [0, 0.05) is 98.8 Å². The molecule has 0 fully saturated rings. The number of fused-ring (bicyclic) bond motifs is 18. The molecule has 0 N–H and O–H groups in total. The molecule has 0 amide bonds. The summed E-state index contributed by atoms with van der Waals surface area (Å²) in [6.45, 7) is 0. The van der Waals surface area contributed by atoms with Crippen LogP contribution >= 0.6 is 0 Å². The third-order valence-corrected chi connectivity index (χ3v) is 28.9. The van der Waals surface area contributed by atoms with Crippen molar-refractivity contribution in [2.45, 2.75) is 0 Å². The maximum absolute atomic E-state index is 2.49. The Balaban J connectivity index is 0.710. The quantitative estimate of drug-likeness (QED) is 0.0979. The molecule has 0 atom stereocenters. The van der Waals surface area contributed by atoms with Gasteiger partial charge in [-0.1, -0.05) is 255 Å². The SMILES string of the molecule is c1ccc(-n2c3ccccc3c3cc(-c4cc(-c5cc(-c6cc(-c7ccc8c(c7)c7ccccc7n8-c7ccccc7)cc(-c7ccc8c(c7)c7ccccc7n8-c7ccccc7)c6)cc(-c6ccc7c(c6)c6ccccc6n7-c6ccccc6)c5)cc(-c5cc(-c6ccc7c(c6)c6ccccc6n7-c6ccccc6)cc(-c6ccc7c(c6)c6ccccc6n7-c6ccccc6)c5)c4)ccc32)cc1. The van der Waals surface area contributed by atoms with Gasteiger partial charge >= 0.3 is 0 Å². The molecule has 0 radical (unpaired) electrons. The van der Waals surface area contributed by atoms with E-state index in [1.165, 1.54) is 86.7 Å². The van der Waals surface area contributed by atoms with Crippen LogP contribution in [-0.2, 0) is 0 Å². The Bertz CT molecular complexity index is 8900. The number of rotatable bonds is 15. The highest BCUT2D eigenvalue weighted by atomic mass is 15.0. The molecular formula is C132H84N6. The predicted octanol–water partition coefficient (Wildman–Crippen LogP) is 35.3. The number of hydrogen-bond acceptors (Lipinski definition) is 0. The summed E-state index contributed by atoms with van der Waals surface area (Å²) in [5, 5.41) is 14.3. The molecule has 0 saturated carbocycles. The second-order valence-corrected chi connectivity index (χ2v) is 36.7. The number of nitrogens with zero attached hydrogens (tertiary/aromatic N) is 6. The van der Waals surface area contributed by atoms with E-state index in [2.05, 4.69) is 537 Å². The Morgan fingerprint density at radius 2 is 0.196 bits per heavy atom. The number of aromatic nitrogens is 6. The molecule has 6 heterocycles. The van der Waals surface area contributed by atoms with E-state index in [0.717, 1.165) is 178 Å². The fourth-order valence-electron chi connectivity index (χ4n) is 22.6. The van der Waals surface area contributed by atoms with E-state index in [1.54, 1.807) is 0 Å². The van der Waals surface area contributed by atoms with Gasteiger partial charge in [-0.15, -0.1) is 0 Å². The Morgan fingerprint density at radius 3 is 0.341 bits per heavy atom. The van der Waals surface area contributed by atoms with Crippen LogP contribution in [0.4, 0.5) is 0 Å². The van der Waals surface area contributed by atoms with E-state index in [9.17, 15) is 0 Å². The monoisotopic (exact) mass is 1750 g/mol. The van der Waals surface area contributed by atoms with Crippen LogP contribution in [0, 0.1) is 0 Å². The van der Waals surface area contributed by atoms with Gasteiger partial charge in [0.2, 0.25) is 0 Å². The number of para-hydroxylation sites is 12. The van der Waals surface area contributed by atoms with Crippen molar-refractivity contribution in [3.8, 4) is 134 Å². The first-order valence-corrected chi connectivity index (χ1v) is 47.6. The first kappa shape index (κ1) is 78.3. The normalized spacial score (nSPS) is 11.9. The number of hydrogen-bond donors (Lipinski definition) is 0. The first-order chi connectivity index (χ1) is 68.4. The van der Waals surface area contributed by atoms with Crippen LogP contribution in [0.25, 0.3) is 265 Å². The van der Waals surface area contributed by atoms with Gasteiger partial charge in [-0.2, -0.15) is 0 Å². The van der Waals surface area contributed by atoms with Gasteiger partial charge in [-0.25, -0.2) is 0 Å². The largest absolute Gasteiger partial charge is 0.309 e. The number of benzene rings is 22. The molecule has 0 aliphatic heterocycles. The summed E-state index contributed by atoms with van der Waals surface area (Å²) in [7, 11) is 0. The highest BCUT2D eigenvalue weighted by molar-refractivity contribution is 6.17. The van der Waals surface area contributed by atoms with E-state index in [1.807, 2.05) is 0 Å². The first-order valence-electron chi connectivity index (χ1n) is 47.6. The van der Waals surface area contributed by atoms with Gasteiger partial charge in [0.15, 0.2) is 0 Å². The molecule has 22 aromatic carbocycles. The smallest absolute Gasteiger partial charge is 0.0541 e. The van der Waals surface area contributed by atoms with Crippen molar-refractivity contribution in [2.24, 2.45) is 0 Å². The summed E-state index contributed by atoms with van der Waals surface area (Å²) in [6, 6.07) is 191. The maximum Gasteiger partial charge on any atom is 0.0541 e. The molecule has 0 saturated heterocycles. The van der Waals surface area contributed by atoms with Gasteiger partial charge in [0.1, 0.15) is 0 Å². The van der Waals surface area contributed by atoms with Crippen LogP contribution in [0.2, 0.25) is 0 Å². The summed E-state index contributed by atoms with van der Waals surface area (Å²) in [4.78, 5) is 0. The van der Waals surface area contributed by atoms with Gasteiger partial charge in [-0.3, -0.25) is 0 Å². The molecule has 0 spiro atoms. The topological polar surface area (TPSA) is 29.6 Å². The average Bonchev–Trinajstić information content (AvgIpc) is 1.57. The molecule has 6 aromatic heterocycles. The Kier molecular flexibility index (Phi) is 18.0. The van der Waals surface area contributed by atoms with Gasteiger partial charge in [0.25, 0.3) is 0 Å². The Labute approximate surface area is 796 Å². The molecular weight excluding hydrogens is 1670 g/mol. The van der Waals surface area contributed by atoms with Crippen molar-refractivity contribution in [3.63, 3.8) is 0 Å². The lowest BCUT2D eigenvalue weighted by Crippen LogP contribution is -1.94. The fraction of sp³-hybridized carbons (Fsp3) is 0. The predicted molar refractivity (Wildman–Crippen MR) is 581 cm³/mol. The Hall–Kier alpha value is -18.4. The van der Waals surface area contributed by atoms with Crippen molar-refractivity contribution in [1.29, 1.82) is 0 Å². The standard InChI is InChI=1S/C132H84N6/c1-7-31-103(32-8-1)133-121-49-25-19-43-109(121)115-79-85(55-61-127(115)133)91-67-92(86-56-62-128-116(80-86)110-44-20-26-50-122(110)134(128)104-33-9-2-10-34-104)70-97(69-91)99-73-95(89-59-65-131-119(83-89)113-47-23-29-53-125(113)137(131)107-39-15-5-16-40-107)75-101(77-99)102-76-96(90-60-66-132-120(84-90)114-48-24-30-54-126(114)138(132)108-41-17-6-18-42-108)74-100(78-102)98-71-93(87-57-63-129-117(81-87)111-45-21-27-51-123(111)135(129)105-35-11-3-12-36-105)68-94(72-98)88-58-64-130-118(82-88)112-46-22-28-52-124(112)136(130)106-37-13-4-14-38-106/h1-84H. The van der Waals surface area contributed by atoms with Gasteiger partial charge in [-0.05, 0) is 355 Å². The summed E-state index contributed by atoms with van der Waals surface area (Å²) >= 11 is 0. The summed E-state index contributed by atoms with van der Waals surface area (Å²) < 4.78 is 14.5. The lowest BCUT2D eigenvalue weighted by Gasteiger charge is -2.17. The molecule has 138 heavy (non-hydrogen) atoms. The molecule has 642 valence electrons. The van der Waals surface area contributed by atoms with Crippen LogP contribution in [-0.4, -0.2) is 27.4 Å². The zero-order valence-electron chi connectivity index (χ0n) is 75.2. The lowest BCUT2D eigenvalue weighted by atomic mass is 9.87. The minimum absolute atomic E-state index is 1.08. The van der Waals surface area contributed by atoms with Crippen molar-refractivity contribution < 1.29 is 0 Å². The molecule has 28 aromatic rings. The van der Waals surface area contributed by atoms with Gasteiger partial charge < -0.3 is 27.4 Å². The molecule has 0 aliphatic carbocycles. The molecule has 6 heteroatoms. The van der Waals surface area contributed by atoms with E-state index < -0.39 is 0 Å². The lowest BCUT2D eigenvalue weighted by molar-refractivity contribution is 1.18.